The van der Waals surface area contributed by atoms with Crippen molar-refractivity contribution < 1.29 is 4.76 Å². The van der Waals surface area contributed by atoms with E-state index in [1.54, 1.807) is 0 Å². The first kappa shape index (κ1) is 13.0. The molecule has 2 heterocycles. The standard InChI is InChI=1S/C14H27N2O/c1-2-3-4-8-15-9-5-13-7-11-16(17)12-14(13)6-10-15/h13-14H,2-12H2,1H3/q+1. The van der Waals surface area contributed by atoms with Crippen LogP contribution in [0.4, 0.5) is 0 Å². The normalized spacial score (nSPS) is 31.0. The number of nitroso groups, excluding NO2 is 1. The molecule has 17 heavy (non-hydrogen) atoms. The lowest BCUT2D eigenvalue weighted by atomic mass is 9.83. The molecule has 3 nitrogen and oxygen atoms in total. The number of unbranched alkanes of at least 4 members (excludes halogenated alkanes) is 2. The molecule has 0 aromatic heterocycles. The largest absolute Gasteiger partial charge is 0.303 e. The van der Waals surface area contributed by atoms with Crippen LogP contribution in [-0.2, 0) is 0 Å². The van der Waals surface area contributed by atoms with Crippen molar-refractivity contribution in [2.24, 2.45) is 11.8 Å². The van der Waals surface area contributed by atoms with Crippen molar-refractivity contribution in [1.82, 2.24) is 4.90 Å². The Morgan fingerprint density at radius 2 is 1.88 bits per heavy atom. The highest BCUT2D eigenvalue weighted by Gasteiger charge is 2.35. The highest BCUT2D eigenvalue weighted by molar-refractivity contribution is 4.79. The van der Waals surface area contributed by atoms with E-state index in [-0.39, 0.29) is 0 Å². The Balaban J connectivity index is 1.78. The molecule has 0 N–H and O–H groups in total. The molecule has 3 heteroatoms. The van der Waals surface area contributed by atoms with Gasteiger partial charge in [-0.15, -0.1) is 0 Å². The lowest BCUT2D eigenvalue weighted by Crippen LogP contribution is -2.33. The fourth-order valence-corrected chi connectivity index (χ4v) is 3.37. The highest BCUT2D eigenvalue weighted by Crippen LogP contribution is 2.30. The number of fused-ring (bicyclic) bond motifs is 1. The Hall–Kier alpha value is -0.440. The summed E-state index contributed by atoms with van der Waals surface area (Å²) in [5.41, 5.74) is 0. The van der Waals surface area contributed by atoms with Gasteiger partial charge in [0.1, 0.15) is 0 Å². The minimum atomic E-state index is 0.678. The predicted molar refractivity (Wildman–Crippen MR) is 70.2 cm³/mol. The van der Waals surface area contributed by atoms with E-state index in [1.807, 2.05) is 0 Å². The summed E-state index contributed by atoms with van der Waals surface area (Å²) < 4.78 is 1.29. The van der Waals surface area contributed by atoms with Gasteiger partial charge in [0.2, 0.25) is 0 Å². The summed E-state index contributed by atoms with van der Waals surface area (Å²) in [5.74, 6) is 1.51. The van der Waals surface area contributed by atoms with Crippen LogP contribution in [0, 0.1) is 16.7 Å². The third-order valence-corrected chi connectivity index (χ3v) is 4.56. The second kappa shape index (κ2) is 6.48. The molecule has 2 saturated heterocycles. The lowest BCUT2D eigenvalue weighted by Gasteiger charge is -2.23. The van der Waals surface area contributed by atoms with Crippen molar-refractivity contribution >= 4 is 0 Å². The van der Waals surface area contributed by atoms with Crippen molar-refractivity contribution in [3.63, 3.8) is 0 Å². The van der Waals surface area contributed by atoms with Gasteiger partial charge >= 0.3 is 0 Å². The molecule has 2 atom stereocenters. The monoisotopic (exact) mass is 239 g/mol. The van der Waals surface area contributed by atoms with E-state index in [0.717, 1.165) is 25.4 Å². The number of hydrogen-bond acceptors (Lipinski definition) is 2. The number of rotatable bonds is 4. The zero-order valence-corrected chi connectivity index (χ0v) is 11.2. The zero-order chi connectivity index (χ0) is 12.1. The molecule has 2 unspecified atom stereocenters. The summed E-state index contributed by atoms with van der Waals surface area (Å²) in [7, 11) is 0. The molecule has 2 aliphatic heterocycles. The van der Waals surface area contributed by atoms with Gasteiger partial charge in [0, 0.05) is 17.2 Å². The van der Waals surface area contributed by atoms with Crippen molar-refractivity contribution in [3.05, 3.63) is 4.91 Å². The average molecular weight is 239 g/mol. The van der Waals surface area contributed by atoms with Crippen molar-refractivity contribution in [2.45, 2.75) is 45.4 Å². The highest BCUT2D eigenvalue weighted by atomic mass is 16.3. The number of hydrogen-bond donors (Lipinski definition) is 0. The van der Waals surface area contributed by atoms with Gasteiger partial charge < -0.3 is 4.90 Å². The van der Waals surface area contributed by atoms with Crippen molar-refractivity contribution in [3.8, 4) is 0 Å². The van der Waals surface area contributed by atoms with Crippen LogP contribution < -0.4 is 0 Å². The molecule has 2 rings (SSSR count). The van der Waals surface area contributed by atoms with Gasteiger partial charge in [-0.2, -0.15) is 0 Å². The van der Waals surface area contributed by atoms with Gasteiger partial charge in [-0.05, 0) is 49.6 Å². The van der Waals surface area contributed by atoms with Gasteiger partial charge in [-0.25, -0.2) is 0 Å². The van der Waals surface area contributed by atoms with Gasteiger partial charge in [-0.3, -0.25) is 0 Å². The lowest BCUT2D eigenvalue weighted by molar-refractivity contribution is -0.569. The molecule has 2 aliphatic rings. The summed E-state index contributed by atoms with van der Waals surface area (Å²) in [6, 6.07) is 0. The van der Waals surface area contributed by atoms with Crippen LogP contribution in [0.2, 0.25) is 0 Å². The fraction of sp³-hybridized carbons (Fsp3) is 1.00. The predicted octanol–water partition coefficient (Wildman–Crippen LogP) is 2.69. The van der Waals surface area contributed by atoms with Gasteiger partial charge in [-0.1, -0.05) is 19.8 Å². The van der Waals surface area contributed by atoms with Crippen LogP contribution in [0.15, 0.2) is 0 Å². The summed E-state index contributed by atoms with van der Waals surface area (Å²) in [4.78, 5) is 14.1. The first-order valence-electron chi connectivity index (χ1n) is 7.44. The number of piperidine rings is 1. The summed E-state index contributed by atoms with van der Waals surface area (Å²) in [6.45, 7) is 7.60. The van der Waals surface area contributed by atoms with E-state index >= 15 is 0 Å². The maximum Gasteiger partial charge on any atom is 0.195 e. The van der Waals surface area contributed by atoms with Gasteiger partial charge in [0.05, 0.1) is 0 Å². The summed E-state index contributed by atoms with van der Waals surface area (Å²) in [6.07, 6.45) is 7.72. The second-order valence-electron chi connectivity index (χ2n) is 5.82. The molecule has 0 amide bonds. The number of likely N-dealkylation sites (tertiary alicyclic amines) is 1. The molecule has 0 aromatic carbocycles. The topological polar surface area (TPSA) is 23.3 Å². The first-order chi connectivity index (χ1) is 8.29. The molecule has 0 aromatic rings. The maximum atomic E-state index is 11.4. The SMILES string of the molecule is CCCCCN1CCC2CC[N+](=O)CC2CC1. The van der Waals surface area contributed by atoms with Crippen LogP contribution in [0.25, 0.3) is 0 Å². The Kier molecular flexibility index (Phi) is 4.96. The molecule has 0 bridgehead atoms. The molecular weight excluding hydrogens is 212 g/mol. The summed E-state index contributed by atoms with van der Waals surface area (Å²) >= 11 is 0. The Morgan fingerprint density at radius 3 is 2.65 bits per heavy atom. The number of nitrogens with zero attached hydrogens (tertiary/aromatic N) is 2. The summed E-state index contributed by atoms with van der Waals surface area (Å²) in [5, 5.41) is 0. The molecule has 0 saturated carbocycles. The van der Waals surface area contributed by atoms with Crippen molar-refractivity contribution in [2.75, 3.05) is 32.7 Å². The smallest absolute Gasteiger partial charge is 0.195 e. The van der Waals surface area contributed by atoms with E-state index in [2.05, 4.69) is 11.8 Å². The van der Waals surface area contributed by atoms with Gasteiger partial charge in [0.25, 0.3) is 0 Å². The van der Waals surface area contributed by atoms with E-state index in [4.69, 9.17) is 0 Å². The van der Waals surface area contributed by atoms with E-state index < -0.39 is 0 Å². The Bertz CT molecular complexity index is 255. The third kappa shape index (κ3) is 3.77. The van der Waals surface area contributed by atoms with Crippen LogP contribution >= 0.6 is 0 Å². The minimum absolute atomic E-state index is 0.678. The first-order valence-corrected chi connectivity index (χ1v) is 7.44. The molecule has 98 valence electrons. The third-order valence-electron chi connectivity index (χ3n) is 4.56. The molecular formula is C14H27N2O+. The second-order valence-corrected chi connectivity index (χ2v) is 5.82. The van der Waals surface area contributed by atoms with Crippen LogP contribution in [0.1, 0.15) is 45.4 Å². The zero-order valence-electron chi connectivity index (χ0n) is 11.2. The van der Waals surface area contributed by atoms with Crippen molar-refractivity contribution in [1.29, 1.82) is 0 Å². The van der Waals surface area contributed by atoms with Crippen LogP contribution in [0.3, 0.4) is 0 Å². The Labute approximate surface area is 105 Å². The van der Waals surface area contributed by atoms with Crippen LogP contribution in [0.5, 0.6) is 0 Å². The minimum Gasteiger partial charge on any atom is -0.303 e. The van der Waals surface area contributed by atoms with Gasteiger partial charge in [0.15, 0.2) is 13.1 Å². The Morgan fingerprint density at radius 1 is 1.12 bits per heavy atom. The fourth-order valence-electron chi connectivity index (χ4n) is 3.37. The quantitative estimate of drug-likeness (QED) is 0.556. The maximum absolute atomic E-state index is 11.4. The average Bonchev–Trinajstić information content (AvgIpc) is 2.52. The molecule has 2 fully saturated rings. The van der Waals surface area contributed by atoms with E-state index in [9.17, 15) is 4.91 Å². The molecule has 0 aliphatic carbocycles. The van der Waals surface area contributed by atoms with Crippen LogP contribution in [-0.4, -0.2) is 42.4 Å². The van der Waals surface area contributed by atoms with E-state index in [0.29, 0.717) is 5.92 Å². The molecule has 0 spiro atoms. The molecule has 0 radical (unpaired) electrons. The van der Waals surface area contributed by atoms with E-state index in [1.165, 1.54) is 56.5 Å².